The van der Waals surface area contributed by atoms with Gasteiger partial charge in [0.15, 0.2) is 0 Å². The standard InChI is InChI=1S/C25H20N2OS/c28-24(18-29-25-17-14-21-8-4-5-9-23(21)27-25)26-22-15-12-20(13-16-22)11-10-19-6-2-1-3-7-19/h1-17H,18H2,(H,26,28). The first-order chi connectivity index (χ1) is 14.3. The molecule has 1 amide bonds. The van der Waals surface area contributed by atoms with Crippen molar-refractivity contribution >= 4 is 46.4 Å². The van der Waals surface area contributed by atoms with E-state index in [2.05, 4.69) is 34.6 Å². The number of nitrogens with zero attached hydrogens (tertiary/aromatic N) is 1. The van der Waals surface area contributed by atoms with Crippen LogP contribution < -0.4 is 5.32 Å². The van der Waals surface area contributed by atoms with E-state index in [-0.39, 0.29) is 5.91 Å². The lowest BCUT2D eigenvalue weighted by molar-refractivity contribution is -0.113. The molecular weight excluding hydrogens is 376 g/mol. The van der Waals surface area contributed by atoms with Gasteiger partial charge in [-0.05, 0) is 35.4 Å². The van der Waals surface area contributed by atoms with Crippen molar-refractivity contribution in [2.24, 2.45) is 0 Å². The summed E-state index contributed by atoms with van der Waals surface area (Å²) in [6.07, 6.45) is 4.13. The molecule has 0 aliphatic carbocycles. The molecule has 3 nitrogen and oxygen atoms in total. The number of nitrogens with one attached hydrogen (secondary N) is 1. The highest BCUT2D eigenvalue weighted by molar-refractivity contribution is 7.99. The molecule has 0 saturated carbocycles. The minimum atomic E-state index is -0.0439. The third kappa shape index (κ3) is 5.33. The van der Waals surface area contributed by atoms with Gasteiger partial charge < -0.3 is 5.32 Å². The molecule has 0 saturated heterocycles. The largest absolute Gasteiger partial charge is 0.325 e. The highest BCUT2D eigenvalue weighted by atomic mass is 32.2. The maximum Gasteiger partial charge on any atom is 0.234 e. The quantitative estimate of drug-likeness (QED) is 0.315. The second-order valence-electron chi connectivity index (χ2n) is 6.55. The van der Waals surface area contributed by atoms with E-state index in [1.54, 1.807) is 0 Å². The van der Waals surface area contributed by atoms with Crippen molar-refractivity contribution in [3.63, 3.8) is 0 Å². The highest BCUT2D eigenvalue weighted by Gasteiger charge is 2.05. The molecule has 1 N–H and O–H groups in total. The molecule has 1 heterocycles. The summed E-state index contributed by atoms with van der Waals surface area (Å²) in [6, 6.07) is 29.9. The van der Waals surface area contributed by atoms with Crippen LogP contribution in [-0.2, 0) is 4.79 Å². The molecule has 0 aliphatic rings. The van der Waals surface area contributed by atoms with E-state index in [0.29, 0.717) is 5.75 Å². The molecule has 0 fully saturated rings. The number of para-hydroxylation sites is 1. The number of aromatic nitrogens is 1. The zero-order valence-corrected chi connectivity index (χ0v) is 16.6. The average Bonchev–Trinajstić information content (AvgIpc) is 2.78. The lowest BCUT2D eigenvalue weighted by atomic mass is 10.1. The average molecular weight is 397 g/mol. The molecule has 1 aromatic heterocycles. The van der Waals surface area contributed by atoms with Crippen molar-refractivity contribution in [3.05, 3.63) is 102 Å². The second kappa shape index (κ2) is 9.22. The Kier molecular flexibility index (Phi) is 6.03. The number of benzene rings is 3. The predicted molar refractivity (Wildman–Crippen MR) is 123 cm³/mol. The van der Waals surface area contributed by atoms with Crippen LogP contribution in [0.15, 0.2) is 96.0 Å². The van der Waals surface area contributed by atoms with Crippen LogP contribution in [-0.4, -0.2) is 16.6 Å². The molecule has 4 heteroatoms. The summed E-state index contributed by atoms with van der Waals surface area (Å²) in [5.41, 5.74) is 3.97. The number of carbonyl (C=O) groups is 1. The maximum absolute atomic E-state index is 12.3. The molecule has 4 rings (SSSR count). The molecule has 29 heavy (non-hydrogen) atoms. The van der Waals surface area contributed by atoms with Crippen LogP contribution in [0.3, 0.4) is 0 Å². The molecule has 0 spiro atoms. The number of fused-ring (bicyclic) bond motifs is 1. The van der Waals surface area contributed by atoms with Gasteiger partial charge in [0, 0.05) is 11.1 Å². The van der Waals surface area contributed by atoms with Crippen LogP contribution in [0.4, 0.5) is 5.69 Å². The SMILES string of the molecule is O=C(CSc1ccc2ccccc2n1)Nc1ccc(C=Cc2ccccc2)cc1. The summed E-state index contributed by atoms with van der Waals surface area (Å²) < 4.78 is 0. The summed E-state index contributed by atoms with van der Waals surface area (Å²) in [5.74, 6) is 0.276. The molecule has 4 aromatic rings. The Bertz CT molecular complexity index is 1140. The van der Waals surface area contributed by atoms with E-state index in [1.807, 2.05) is 78.9 Å². The summed E-state index contributed by atoms with van der Waals surface area (Å²) in [5, 5.41) is 4.89. The van der Waals surface area contributed by atoms with Crippen LogP contribution in [0, 0.1) is 0 Å². The number of hydrogen-bond donors (Lipinski definition) is 1. The van der Waals surface area contributed by atoms with Gasteiger partial charge in [0.05, 0.1) is 16.3 Å². The molecule has 3 aromatic carbocycles. The number of thioether (sulfide) groups is 1. The summed E-state index contributed by atoms with van der Waals surface area (Å²) in [4.78, 5) is 16.9. The van der Waals surface area contributed by atoms with Gasteiger partial charge >= 0.3 is 0 Å². The molecule has 0 aliphatic heterocycles. The predicted octanol–water partition coefficient (Wildman–Crippen LogP) is 6.14. The van der Waals surface area contributed by atoms with E-state index < -0.39 is 0 Å². The first-order valence-electron chi connectivity index (χ1n) is 9.38. The summed E-state index contributed by atoms with van der Waals surface area (Å²) in [6.45, 7) is 0. The highest BCUT2D eigenvalue weighted by Crippen LogP contribution is 2.20. The number of amides is 1. The zero-order chi connectivity index (χ0) is 19.9. The van der Waals surface area contributed by atoms with Crippen molar-refractivity contribution in [1.82, 2.24) is 4.98 Å². The van der Waals surface area contributed by atoms with Gasteiger partial charge in [-0.15, -0.1) is 0 Å². The van der Waals surface area contributed by atoms with Crippen LogP contribution in [0.1, 0.15) is 11.1 Å². The van der Waals surface area contributed by atoms with E-state index in [9.17, 15) is 4.79 Å². The first kappa shape index (κ1) is 19.0. The number of anilines is 1. The Morgan fingerprint density at radius 2 is 1.48 bits per heavy atom. The zero-order valence-electron chi connectivity index (χ0n) is 15.8. The fourth-order valence-electron chi connectivity index (χ4n) is 2.90. The Labute approximate surface area is 174 Å². The number of carbonyl (C=O) groups excluding carboxylic acids is 1. The maximum atomic E-state index is 12.3. The van der Waals surface area contributed by atoms with E-state index in [4.69, 9.17) is 0 Å². The van der Waals surface area contributed by atoms with Crippen LogP contribution in [0.25, 0.3) is 23.1 Å². The van der Waals surface area contributed by atoms with Gasteiger partial charge in [0.2, 0.25) is 5.91 Å². The van der Waals surface area contributed by atoms with Crippen LogP contribution >= 0.6 is 11.8 Å². The van der Waals surface area contributed by atoms with Gasteiger partial charge in [-0.3, -0.25) is 4.79 Å². The number of rotatable bonds is 6. The van der Waals surface area contributed by atoms with Crippen molar-refractivity contribution in [3.8, 4) is 0 Å². The molecule has 0 unspecified atom stereocenters. The normalized spacial score (nSPS) is 11.0. The smallest absolute Gasteiger partial charge is 0.234 e. The summed E-state index contributed by atoms with van der Waals surface area (Å²) in [7, 11) is 0. The molecule has 0 bridgehead atoms. The van der Waals surface area contributed by atoms with Crippen LogP contribution in [0.2, 0.25) is 0 Å². The van der Waals surface area contributed by atoms with Gasteiger partial charge in [0.1, 0.15) is 0 Å². The molecule has 0 radical (unpaired) electrons. The van der Waals surface area contributed by atoms with Gasteiger partial charge in [-0.25, -0.2) is 4.98 Å². The van der Waals surface area contributed by atoms with Gasteiger partial charge in [-0.2, -0.15) is 0 Å². The van der Waals surface area contributed by atoms with E-state index in [0.717, 1.165) is 32.7 Å². The second-order valence-corrected chi connectivity index (χ2v) is 7.54. The fraction of sp³-hybridized carbons (Fsp3) is 0.0400. The Morgan fingerprint density at radius 1 is 0.793 bits per heavy atom. The fourth-order valence-corrected chi connectivity index (χ4v) is 3.58. The van der Waals surface area contributed by atoms with Gasteiger partial charge in [-0.1, -0.05) is 90.6 Å². The minimum Gasteiger partial charge on any atom is -0.325 e. The Hall–Kier alpha value is -3.37. The van der Waals surface area contributed by atoms with E-state index in [1.165, 1.54) is 11.8 Å². The minimum absolute atomic E-state index is 0.0439. The number of pyridine rings is 1. The number of hydrogen-bond acceptors (Lipinski definition) is 3. The van der Waals surface area contributed by atoms with Crippen LogP contribution in [0.5, 0.6) is 0 Å². The Balaban J connectivity index is 1.31. The first-order valence-corrected chi connectivity index (χ1v) is 10.4. The van der Waals surface area contributed by atoms with Crippen molar-refractivity contribution in [2.45, 2.75) is 5.03 Å². The third-order valence-corrected chi connectivity index (χ3v) is 5.32. The lowest BCUT2D eigenvalue weighted by Gasteiger charge is -2.06. The molecule has 0 atom stereocenters. The third-order valence-electron chi connectivity index (χ3n) is 4.39. The van der Waals surface area contributed by atoms with E-state index >= 15 is 0 Å². The monoisotopic (exact) mass is 396 g/mol. The van der Waals surface area contributed by atoms with Crippen molar-refractivity contribution in [2.75, 3.05) is 11.1 Å². The van der Waals surface area contributed by atoms with Crippen molar-refractivity contribution < 1.29 is 4.79 Å². The summed E-state index contributed by atoms with van der Waals surface area (Å²) >= 11 is 1.44. The molecular formula is C25H20N2OS. The topological polar surface area (TPSA) is 42.0 Å². The Morgan fingerprint density at radius 3 is 2.28 bits per heavy atom. The molecule has 142 valence electrons. The van der Waals surface area contributed by atoms with Crippen molar-refractivity contribution in [1.29, 1.82) is 0 Å². The van der Waals surface area contributed by atoms with Gasteiger partial charge in [0.25, 0.3) is 0 Å². The lowest BCUT2D eigenvalue weighted by Crippen LogP contribution is -2.14.